The van der Waals surface area contributed by atoms with Crippen molar-refractivity contribution in [2.45, 2.75) is 25.5 Å². The third kappa shape index (κ3) is 4.74. The number of hydrogen-bond acceptors (Lipinski definition) is 4. The lowest BCUT2D eigenvalue weighted by atomic mass is 9.99. The van der Waals surface area contributed by atoms with Gasteiger partial charge in [-0.15, -0.1) is 0 Å². The van der Waals surface area contributed by atoms with Crippen LogP contribution in [0.3, 0.4) is 0 Å². The van der Waals surface area contributed by atoms with Crippen LogP contribution >= 0.6 is 0 Å². The molecule has 116 valence electrons. The van der Waals surface area contributed by atoms with E-state index >= 15 is 0 Å². The van der Waals surface area contributed by atoms with E-state index in [9.17, 15) is 13.2 Å². The maximum absolute atomic E-state index is 12.1. The summed E-state index contributed by atoms with van der Waals surface area (Å²) in [4.78, 5) is 13.8. The third-order valence-electron chi connectivity index (χ3n) is 3.85. The lowest BCUT2D eigenvalue weighted by Crippen LogP contribution is -2.41. The predicted octanol–water partition coefficient (Wildman–Crippen LogP) is 1.44. The van der Waals surface area contributed by atoms with Crippen molar-refractivity contribution >= 4 is 21.4 Å². The van der Waals surface area contributed by atoms with Gasteiger partial charge >= 0.3 is 0 Å². The number of hydrogen-bond donors (Lipinski definition) is 1. The summed E-state index contributed by atoms with van der Waals surface area (Å²) in [6.45, 7) is 3.48. The minimum atomic E-state index is -3.44. The molecule has 0 unspecified atom stereocenters. The zero-order chi connectivity index (χ0) is 15.5. The Morgan fingerprint density at radius 3 is 2.38 bits per heavy atom. The zero-order valence-corrected chi connectivity index (χ0v) is 13.1. The standard InChI is InChI=1S/C15H22N2O3S/c1-12-6-8-17(9-7-12)15(18)11-21(19,20)10-13-2-4-14(16)5-3-13/h2-5,12H,6-11,16H2,1H3. The van der Waals surface area contributed by atoms with Crippen LogP contribution in [-0.4, -0.2) is 38.1 Å². The molecule has 6 heteroatoms. The molecule has 1 amide bonds. The normalized spacial score (nSPS) is 16.9. The Kier molecular flexibility index (Phi) is 4.88. The van der Waals surface area contributed by atoms with E-state index in [-0.39, 0.29) is 11.7 Å². The quantitative estimate of drug-likeness (QED) is 0.853. The Bertz CT molecular complexity index is 588. The predicted molar refractivity (Wildman–Crippen MR) is 83.3 cm³/mol. The molecule has 2 N–H and O–H groups in total. The first kappa shape index (κ1) is 15.8. The Balaban J connectivity index is 1.94. The van der Waals surface area contributed by atoms with Crippen molar-refractivity contribution in [3.05, 3.63) is 29.8 Å². The van der Waals surface area contributed by atoms with Crippen LogP contribution in [0.4, 0.5) is 5.69 Å². The van der Waals surface area contributed by atoms with Crippen LogP contribution in [0.2, 0.25) is 0 Å². The monoisotopic (exact) mass is 310 g/mol. The minimum absolute atomic E-state index is 0.122. The lowest BCUT2D eigenvalue weighted by molar-refractivity contribution is -0.129. The van der Waals surface area contributed by atoms with Gasteiger partial charge in [-0.1, -0.05) is 19.1 Å². The molecule has 1 aromatic carbocycles. The summed E-state index contributed by atoms with van der Waals surface area (Å²) in [5, 5.41) is 0. The van der Waals surface area contributed by atoms with Gasteiger partial charge in [0, 0.05) is 18.8 Å². The highest BCUT2D eigenvalue weighted by Crippen LogP contribution is 2.17. The number of nitrogens with two attached hydrogens (primary N) is 1. The fourth-order valence-electron chi connectivity index (χ4n) is 2.46. The topological polar surface area (TPSA) is 80.5 Å². The van der Waals surface area contributed by atoms with E-state index in [1.807, 2.05) is 0 Å². The molecule has 1 heterocycles. The first-order valence-corrected chi connectivity index (χ1v) is 9.00. The number of rotatable bonds is 4. The average molecular weight is 310 g/mol. The van der Waals surface area contributed by atoms with Crippen molar-refractivity contribution in [3.8, 4) is 0 Å². The van der Waals surface area contributed by atoms with Crippen molar-refractivity contribution in [3.63, 3.8) is 0 Å². The smallest absolute Gasteiger partial charge is 0.237 e. The van der Waals surface area contributed by atoms with Gasteiger partial charge < -0.3 is 10.6 Å². The number of likely N-dealkylation sites (tertiary alicyclic amines) is 1. The summed E-state index contributed by atoms with van der Waals surface area (Å²) in [6, 6.07) is 6.69. The summed E-state index contributed by atoms with van der Waals surface area (Å²) in [6.07, 6.45) is 1.90. The number of piperidine rings is 1. The van der Waals surface area contributed by atoms with Crippen LogP contribution in [0.1, 0.15) is 25.3 Å². The second-order valence-electron chi connectivity index (χ2n) is 5.84. The van der Waals surface area contributed by atoms with Gasteiger partial charge in [-0.2, -0.15) is 0 Å². The van der Waals surface area contributed by atoms with Gasteiger partial charge in [-0.05, 0) is 36.5 Å². The molecule has 0 aliphatic carbocycles. The number of benzene rings is 1. The highest BCUT2D eigenvalue weighted by molar-refractivity contribution is 7.91. The van der Waals surface area contributed by atoms with Crippen molar-refractivity contribution in [2.75, 3.05) is 24.6 Å². The van der Waals surface area contributed by atoms with Gasteiger partial charge in [0.1, 0.15) is 5.75 Å². The van der Waals surface area contributed by atoms with Gasteiger partial charge in [-0.25, -0.2) is 8.42 Å². The number of carbonyl (C=O) groups excluding carboxylic acids is 1. The van der Waals surface area contributed by atoms with E-state index in [0.717, 1.165) is 12.8 Å². The fourth-order valence-corrected chi connectivity index (χ4v) is 3.82. The summed E-state index contributed by atoms with van der Waals surface area (Å²) in [5.74, 6) is -0.201. The molecule has 0 saturated carbocycles. The molecule has 1 aliphatic heterocycles. The van der Waals surface area contributed by atoms with Crippen LogP contribution < -0.4 is 5.73 Å². The van der Waals surface area contributed by atoms with E-state index in [2.05, 4.69) is 6.92 Å². The zero-order valence-electron chi connectivity index (χ0n) is 12.3. The highest BCUT2D eigenvalue weighted by Gasteiger charge is 2.25. The number of amides is 1. The molecule has 5 nitrogen and oxygen atoms in total. The fraction of sp³-hybridized carbons (Fsp3) is 0.533. The maximum atomic E-state index is 12.1. The Labute approximate surface area is 126 Å². The molecule has 0 bridgehead atoms. The van der Waals surface area contributed by atoms with Gasteiger partial charge in [-0.3, -0.25) is 4.79 Å². The average Bonchev–Trinajstić information content (AvgIpc) is 2.41. The molecule has 0 spiro atoms. The molecule has 0 aromatic heterocycles. The second kappa shape index (κ2) is 6.47. The van der Waals surface area contributed by atoms with Crippen LogP contribution in [0.5, 0.6) is 0 Å². The van der Waals surface area contributed by atoms with Crippen molar-refractivity contribution < 1.29 is 13.2 Å². The second-order valence-corrected chi connectivity index (χ2v) is 7.90. The molecule has 21 heavy (non-hydrogen) atoms. The number of carbonyl (C=O) groups is 1. The first-order chi connectivity index (χ1) is 9.85. The van der Waals surface area contributed by atoms with Crippen molar-refractivity contribution in [1.82, 2.24) is 4.90 Å². The van der Waals surface area contributed by atoms with Gasteiger partial charge in [0.05, 0.1) is 5.75 Å². The molecule has 1 fully saturated rings. The van der Waals surface area contributed by atoms with E-state index in [1.54, 1.807) is 29.2 Å². The SMILES string of the molecule is CC1CCN(C(=O)CS(=O)(=O)Cc2ccc(N)cc2)CC1. The van der Waals surface area contributed by atoms with Crippen LogP contribution in [-0.2, 0) is 20.4 Å². The lowest BCUT2D eigenvalue weighted by Gasteiger charge is -2.30. The summed E-state index contributed by atoms with van der Waals surface area (Å²) in [7, 11) is -3.44. The van der Waals surface area contributed by atoms with Gasteiger partial charge in [0.25, 0.3) is 0 Å². The van der Waals surface area contributed by atoms with Crippen LogP contribution in [0.25, 0.3) is 0 Å². The van der Waals surface area contributed by atoms with Gasteiger partial charge in [0.2, 0.25) is 5.91 Å². The Morgan fingerprint density at radius 1 is 1.24 bits per heavy atom. The number of sulfone groups is 1. The number of anilines is 1. The first-order valence-electron chi connectivity index (χ1n) is 7.18. The molecular weight excluding hydrogens is 288 g/mol. The largest absolute Gasteiger partial charge is 0.399 e. The van der Waals surface area contributed by atoms with Crippen LogP contribution in [0.15, 0.2) is 24.3 Å². The van der Waals surface area contributed by atoms with Crippen molar-refractivity contribution in [2.24, 2.45) is 5.92 Å². The molecule has 1 aliphatic rings. The Morgan fingerprint density at radius 2 is 1.81 bits per heavy atom. The highest BCUT2D eigenvalue weighted by atomic mass is 32.2. The molecular formula is C15H22N2O3S. The molecule has 1 saturated heterocycles. The molecule has 2 rings (SSSR count). The molecule has 0 atom stereocenters. The molecule has 1 aromatic rings. The molecule has 0 radical (unpaired) electrons. The summed E-state index contributed by atoms with van der Waals surface area (Å²) in [5.41, 5.74) is 6.82. The number of nitrogens with zero attached hydrogens (tertiary/aromatic N) is 1. The minimum Gasteiger partial charge on any atom is -0.399 e. The Hall–Kier alpha value is -1.56. The van der Waals surface area contributed by atoms with Gasteiger partial charge in [0.15, 0.2) is 9.84 Å². The van der Waals surface area contributed by atoms with E-state index in [4.69, 9.17) is 5.73 Å². The summed E-state index contributed by atoms with van der Waals surface area (Å²) >= 11 is 0. The van der Waals surface area contributed by atoms with E-state index in [0.29, 0.717) is 30.3 Å². The van der Waals surface area contributed by atoms with Crippen molar-refractivity contribution in [1.29, 1.82) is 0 Å². The summed E-state index contributed by atoms with van der Waals surface area (Å²) < 4.78 is 24.2. The van der Waals surface area contributed by atoms with E-state index < -0.39 is 15.6 Å². The number of nitrogen functional groups attached to an aromatic ring is 1. The van der Waals surface area contributed by atoms with Crippen LogP contribution in [0, 0.1) is 5.92 Å². The van der Waals surface area contributed by atoms with E-state index in [1.165, 1.54) is 0 Å². The third-order valence-corrected chi connectivity index (χ3v) is 5.31. The maximum Gasteiger partial charge on any atom is 0.237 e.